The summed E-state index contributed by atoms with van der Waals surface area (Å²) in [6, 6.07) is 1.74. The number of halogens is 1. The van der Waals surface area contributed by atoms with Crippen LogP contribution in [-0.2, 0) is 15.3 Å². The van der Waals surface area contributed by atoms with E-state index in [1.54, 1.807) is 13.0 Å². The lowest BCUT2D eigenvalue weighted by Gasteiger charge is -2.17. The van der Waals surface area contributed by atoms with Gasteiger partial charge >= 0.3 is 0 Å². The van der Waals surface area contributed by atoms with E-state index >= 15 is 0 Å². The highest BCUT2D eigenvalue weighted by Crippen LogP contribution is 2.22. The summed E-state index contributed by atoms with van der Waals surface area (Å²) in [6.07, 6.45) is 0. The molecule has 5 nitrogen and oxygen atoms in total. The minimum absolute atomic E-state index is 0.107. The van der Waals surface area contributed by atoms with E-state index in [2.05, 4.69) is 31.2 Å². The summed E-state index contributed by atoms with van der Waals surface area (Å²) in [5.41, 5.74) is -0.157. The summed E-state index contributed by atoms with van der Waals surface area (Å²) in [6.45, 7) is 8.08. The molecule has 0 aliphatic heterocycles. The molecule has 1 aromatic rings. The van der Waals surface area contributed by atoms with E-state index in [1.807, 2.05) is 20.8 Å². The summed E-state index contributed by atoms with van der Waals surface area (Å²) in [5.74, 6) is 1.62. The maximum absolute atomic E-state index is 11.4. The molecule has 0 aliphatic rings. The fraction of sp³-hybridized carbons (Fsp3) is 0.667. The first-order chi connectivity index (χ1) is 8.64. The van der Waals surface area contributed by atoms with Crippen LogP contribution in [0.1, 0.15) is 33.5 Å². The van der Waals surface area contributed by atoms with Crippen molar-refractivity contribution in [3.05, 3.63) is 16.5 Å². The van der Waals surface area contributed by atoms with E-state index in [9.17, 15) is 8.42 Å². The molecular formula is C12H20BrN3O2S. The molecule has 0 bridgehead atoms. The average Bonchev–Trinajstić information content (AvgIpc) is 2.27. The highest BCUT2D eigenvalue weighted by molar-refractivity contribution is 9.10. The molecule has 0 radical (unpaired) electrons. The van der Waals surface area contributed by atoms with Gasteiger partial charge in [0.05, 0.1) is 5.75 Å². The summed E-state index contributed by atoms with van der Waals surface area (Å²) in [7, 11) is -2.96. The molecule has 0 fully saturated rings. The van der Waals surface area contributed by atoms with Crippen molar-refractivity contribution >= 4 is 31.6 Å². The summed E-state index contributed by atoms with van der Waals surface area (Å²) in [5, 5.41) is 3.03. The molecular weight excluding hydrogens is 330 g/mol. The fourth-order valence-corrected chi connectivity index (χ4v) is 2.41. The van der Waals surface area contributed by atoms with Gasteiger partial charge < -0.3 is 5.32 Å². The Balaban J connectivity index is 2.77. The van der Waals surface area contributed by atoms with Gasteiger partial charge in [-0.1, -0.05) is 27.7 Å². The Kier molecular flexibility index (Phi) is 5.32. The minimum atomic E-state index is -2.96. The molecule has 19 heavy (non-hydrogen) atoms. The third-order valence-corrected chi connectivity index (χ3v) is 4.64. The van der Waals surface area contributed by atoms with Crippen molar-refractivity contribution in [3.63, 3.8) is 0 Å². The number of sulfone groups is 1. The van der Waals surface area contributed by atoms with E-state index in [0.717, 1.165) is 0 Å². The van der Waals surface area contributed by atoms with Gasteiger partial charge in [0.2, 0.25) is 0 Å². The van der Waals surface area contributed by atoms with E-state index in [0.29, 0.717) is 22.8 Å². The smallest absolute Gasteiger partial charge is 0.151 e. The van der Waals surface area contributed by atoms with Crippen LogP contribution in [0, 0.1) is 0 Å². The van der Waals surface area contributed by atoms with Crippen molar-refractivity contribution in [1.29, 1.82) is 0 Å². The van der Waals surface area contributed by atoms with Gasteiger partial charge in [0.15, 0.2) is 9.84 Å². The zero-order valence-electron chi connectivity index (χ0n) is 11.7. The lowest BCUT2D eigenvalue weighted by molar-refractivity contribution is 0.544. The van der Waals surface area contributed by atoms with E-state index in [4.69, 9.17) is 0 Å². The number of anilines is 1. The lowest BCUT2D eigenvalue weighted by Crippen LogP contribution is -2.20. The van der Waals surface area contributed by atoms with Crippen molar-refractivity contribution < 1.29 is 8.42 Å². The van der Waals surface area contributed by atoms with Gasteiger partial charge in [-0.2, -0.15) is 0 Å². The standard InChI is InChI=1S/C12H20BrN3O2S/c1-5-19(17,18)7-6-14-10-8-9(13)15-11(16-10)12(2,3)4/h8H,5-7H2,1-4H3,(H,14,15,16). The topological polar surface area (TPSA) is 72.0 Å². The lowest BCUT2D eigenvalue weighted by atomic mass is 9.96. The Hall–Kier alpha value is -0.690. The largest absolute Gasteiger partial charge is 0.369 e. The number of nitrogens with one attached hydrogen (secondary N) is 1. The molecule has 0 unspecified atom stereocenters. The third kappa shape index (κ3) is 5.44. The van der Waals surface area contributed by atoms with Gasteiger partial charge in [0, 0.05) is 23.8 Å². The van der Waals surface area contributed by atoms with Crippen molar-refractivity contribution in [2.75, 3.05) is 23.4 Å². The summed E-state index contributed by atoms with van der Waals surface area (Å²) in [4.78, 5) is 8.73. The van der Waals surface area contributed by atoms with Crippen LogP contribution in [0.25, 0.3) is 0 Å². The van der Waals surface area contributed by atoms with Crippen LogP contribution in [0.2, 0.25) is 0 Å². The zero-order chi connectivity index (χ0) is 14.7. The Labute approximate surface area is 123 Å². The second-order valence-electron chi connectivity index (χ2n) is 5.31. The Morgan fingerprint density at radius 1 is 1.32 bits per heavy atom. The third-order valence-electron chi connectivity index (χ3n) is 2.52. The van der Waals surface area contributed by atoms with Gasteiger partial charge in [-0.25, -0.2) is 18.4 Å². The van der Waals surface area contributed by atoms with Crippen LogP contribution in [0.3, 0.4) is 0 Å². The predicted octanol–water partition coefficient (Wildman–Crippen LogP) is 2.38. The van der Waals surface area contributed by atoms with Crippen LogP contribution >= 0.6 is 15.9 Å². The quantitative estimate of drug-likeness (QED) is 0.826. The molecule has 0 saturated heterocycles. The number of hydrogen-bond donors (Lipinski definition) is 1. The van der Waals surface area contributed by atoms with E-state index in [-0.39, 0.29) is 16.9 Å². The second-order valence-corrected chi connectivity index (χ2v) is 8.60. The highest BCUT2D eigenvalue weighted by atomic mass is 79.9. The van der Waals surface area contributed by atoms with E-state index < -0.39 is 9.84 Å². The Morgan fingerprint density at radius 2 is 1.95 bits per heavy atom. The number of hydrogen-bond acceptors (Lipinski definition) is 5. The maximum atomic E-state index is 11.4. The second kappa shape index (κ2) is 6.17. The van der Waals surface area contributed by atoms with Gasteiger partial charge in [0.25, 0.3) is 0 Å². The first kappa shape index (κ1) is 16.4. The minimum Gasteiger partial charge on any atom is -0.369 e. The molecule has 1 aromatic heterocycles. The molecule has 0 spiro atoms. The van der Waals surface area contributed by atoms with Crippen molar-refractivity contribution in [2.45, 2.75) is 33.1 Å². The van der Waals surface area contributed by atoms with Gasteiger partial charge in [-0.05, 0) is 15.9 Å². The zero-order valence-corrected chi connectivity index (χ0v) is 14.1. The van der Waals surface area contributed by atoms with Gasteiger partial charge in [-0.3, -0.25) is 0 Å². The van der Waals surface area contributed by atoms with Crippen molar-refractivity contribution in [1.82, 2.24) is 9.97 Å². The van der Waals surface area contributed by atoms with Gasteiger partial charge in [0.1, 0.15) is 16.2 Å². The molecule has 0 aromatic carbocycles. The van der Waals surface area contributed by atoms with Crippen LogP contribution in [0.5, 0.6) is 0 Å². The van der Waals surface area contributed by atoms with E-state index in [1.165, 1.54) is 0 Å². The summed E-state index contributed by atoms with van der Waals surface area (Å²) < 4.78 is 23.5. The maximum Gasteiger partial charge on any atom is 0.151 e. The van der Waals surface area contributed by atoms with Gasteiger partial charge in [-0.15, -0.1) is 0 Å². The highest BCUT2D eigenvalue weighted by Gasteiger charge is 2.18. The van der Waals surface area contributed by atoms with Crippen LogP contribution in [0.15, 0.2) is 10.7 Å². The molecule has 0 atom stereocenters. The Bertz CT molecular complexity index is 538. The molecule has 0 amide bonds. The number of aromatic nitrogens is 2. The summed E-state index contributed by atoms with van der Waals surface area (Å²) >= 11 is 3.34. The first-order valence-corrected chi connectivity index (χ1v) is 8.75. The van der Waals surface area contributed by atoms with Crippen LogP contribution < -0.4 is 5.32 Å². The molecule has 1 N–H and O–H groups in total. The SMILES string of the molecule is CCS(=O)(=O)CCNc1cc(Br)nc(C(C)(C)C)n1. The predicted molar refractivity (Wildman–Crippen MR) is 81.2 cm³/mol. The molecule has 1 heterocycles. The number of rotatable bonds is 5. The molecule has 1 rings (SSSR count). The van der Waals surface area contributed by atoms with Crippen molar-refractivity contribution in [2.24, 2.45) is 0 Å². The first-order valence-electron chi connectivity index (χ1n) is 6.13. The Morgan fingerprint density at radius 3 is 2.47 bits per heavy atom. The average molecular weight is 350 g/mol. The molecule has 108 valence electrons. The normalized spacial score (nSPS) is 12.5. The fourth-order valence-electron chi connectivity index (χ4n) is 1.32. The molecule has 0 saturated carbocycles. The molecule has 0 aliphatic carbocycles. The van der Waals surface area contributed by atoms with Crippen LogP contribution in [0.4, 0.5) is 5.82 Å². The number of nitrogens with zero attached hydrogens (tertiary/aromatic N) is 2. The van der Waals surface area contributed by atoms with Crippen molar-refractivity contribution in [3.8, 4) is 0 Å². The monoisotopic (exact) mass is 349 g/mol. The van der Waals surface area contributed by atoms with Crippen LogP contribution in [-0.4, -0.2) is 36.4 Å². The molecule has 7 heteroatoms.